The van der Waals surface area contributed by atoms with Crippen LogP contribution >= 0.6 is 0 Å². The van der Waals surface area contributed by atoms with Gasteiger partial charge < -0.3 is 14.6 Å². The molecule has 1 heterocycles. The number of carbonyl (C=O) groups excluding carboxylic acids is 2. The molecule has 0 fully saturated rings. The third-order valence-electron chi connectivity index (χ3n) is 5.33. The Morgan fingerprint density at radius 2 is 1.72 bits per heavy atom. The Morgan fingerprint density at radius 1 is 1.00 bits per heavy atom. The summed E-state index contributed by atoms with van der Waals surface area (Å²) in [7, 11) is 1.84. The van der Waals surface area contributed by atoms with Gasteiger partial charge in [0.05, 0.1) is 22.8 Å². The van der Waals surface area contributed by atoms with Crippen LogP contribution in [0.15, 0.2) is 72.9 Å². The second-order valence-corrected chi connectivity index (χ2v) is 8.71. The standard InChI is InChI=1S/C25H24BN3O3/c1-25(2,3)18-11-8-16(9-12-18)24(31)32-22-7-5-4-6-20(22)23(30)28-19-13-10-17-15-27-29(26)21(17)14-19/h4-15H,26H2,1-3H3,(H,28,30). The van der Waals surface area contributed by atoms with Gasteiger partial charge in [-0.25, -0.2) is 4.79 Å². The lowest BCUT2D eigenvalue weighted by molar-refractivity contribution is 0.0733. The minimum atomic E-state index is -0.512. The van der Waals surface area contributed by atoms with Gasteiger partial charge in [-0.15, -0.1) is 0 Å². The molecule has 1 aromatic heterocycles. The van der Waals surface area contributed by atoms with Crippen molar-refractivity contribution in [1.29, 1.82) is 0 Å². The van der Waals surface area contributed by atoms with Gasteiger partial charge in [0.25, 0.3) is 5.91 Å². The molecular weight excluding hydrogens is 401 g/mol. The van der Waals surface area contributed by atoms with Gasteiger partial charge in [-0.05, 0) is 53.4 Å². The molecular formula is C25H24BN3O3. The monoisotopic (exact) mass is 425 g/mol. The molecule has 0 saturated carbocycles. The number of anilines is 1. The Morgan fingerprint density at radius 3 is 2.44 bits per heavy atom. The third kappa shape index (κ3) is 4.42. The van der Waals surface area contributed by atoms with Gasteiger partial charge in [-0.3, -0.25) is 4.79 Å². The summed E-state index contributed by atoms with van der Waals surface area (Å²) in [4.78, 5) is 25.6. The molecule has 0 bridgehead atoms. The molecule has 0 atom stereocenters. The topological polar surface area (TPSA) is 73.2 Å². The fourth-order valence-corrected chi connectivity index (χ4v) is 3.43. The Hall–Kier alpha value is -3.87. The average Bonchev–Trinajstić information content (AvgIpc) is 3.14. The molecule has 7 heteroatoms. The van der Waals surface area contributed by atoms with Crippen LogP contribution in [0, 0.1) is 0 Å². The molecule has 0 aliphatic carbocycles. The number of para-hydroxylation sites is 1. The molecule has 0 unspecified atom stereocenters. The van der Waals surface area contributed by atoms with E-state index in [1.54, 1.807) is 47.2 Å². The quantitative estimate of drug-likeness (QED) is 0.302. The lowest BCUT2D eigenvalue weighted by Gasteiger charge is -2.19. The minimum absolute atomic E-state index is 0.00832. The number of nitrogens with one attached hydrogen (secondary N) is 1. The van der Waals surface area contributed by atoms with Gasteiger partial charge in [0.2, 0.25) is 7.98 Å². The first kappa shape index (κ1) is 21.4. The summed E-state index contributed by atoms with van der Waals surface area (Å²) >= 11 is 0. The number of esters is 1. The van der Waals surface area contributed by atoms with E-state index in [4.69, 9.17) is 4.74 Å². The number of hydrogen-bond acceptors (Lipinski definition) is 4. The van der Waals surface area contributed by atoms with E-state index < -0.39 is 5.97 Å². The molecule has 6 nitrogen and oxygen atoms in total. The lowest BCUT2D eigenvalue weighted by atomic mass is 9.87. The van der Waals surface area contributed by atoms with Gasteiger partial charge in [0, 0.05) is 11.1 Å². The van der Waals surface area contributed by atoms with Crippen LogP contribution in [0.1, 0.15) is 47.1 Å². The van der Waals surface area contributed by atoms with Crippen LogP contribution in [-0.2, 0) is 5.41 Å². The van der Waals surface area contributed by atoms with E-state index in [0.29, 0.717) is 11.3 Å². The Kier molecular flexibility index (Phi) is 5.57. The van der Waals surface area contributed by atoms with Crippen LogP contribution in [0.5, 0.6) is 5.75 Å². The number of aromatic nitrogens is 2. The first-order valence-corrected chi connectivity index (χ1v) is 10.4. The summed E-state index contributed by atoms with van der Waals surface area (Å²) < 4.78 is 7.32. The molecule has 0 saturated heterocycles. The second-order valence-electron chi connectivity index (χ2n) is 8.71. The van der Waals surface area contributed by atoms with Crippen molar-refractivity contribution in [2.24, 2.45) is 0 Å². The number of amides is 1. The molecule has 1 N–H and O–H groups in total. The fourth-order valence-electron chi connectivity index (χ4n) is 3.43. The molecule has 1 amide bonds. The average molecular weight is 425 g/mol. The Balaban J connectivity index is 1.53. The smallest absolute Gasteiger partial charge is 0.343 e. The summed E-state index contributed by atoms with van der Waals surface area (Å²) in [6.45, 7) is 6.34. The predicted octanol–water partition coefficient (Wildman–Crippen LogP) is 4.20. The van der Waals surface area contributed by atoms with Crippen LogP contribution in [0.25, 0.3) is 10.9 Å². The summed E-state index contributed by atoms with van der Waals surface area (Å²) in [6, 6.07) is 19.6. The van der Waals surface area contributed by atoms with E-state index >= 15 is 0 Å². The van der Waals surface area contributed by atoms with Crippen LogP contribution in [0.2, 0.25) is 0 Å². The van der Waals surface area contributed by atoms with E-state index in [1.165, 1.54) is 0 Å². The predicted molar refractivity (Wildman–Crippen MR) is 128 cm³/mol. The molecule has 0 aliphatic heterocycles. The summed E-state index contributed by atoms with van der Waals surface area (Å²) in [5.41, 5.74) is 3.35. The van der Waals surface area contributed by atoms with Crippen molar-refractivity contribution in [2.75, 3.05) is 5.32 Å². The van der Waals surface area contributed by atoms with E-state index in [-0.39, 0.29) is 22.6 Å². The fraction of sp³-hybridized carbons (Fsp3) is 0.160. The number of fused-ring (bicyclic) bond motifs is 1. The summed E-state index contributed by atoms with van der Waals surface area (Å²) in [6.07, 6.45) is 1.77. The van der Waals surface area contributed by atoms with Crippen LogP contribution < -0.4 is 10.1 Å². The molecule has 4 rings (SSSR count). The molecule has 160 valence electrons. The van der Waals surface area contributed by atoms with Crippen LogP contribution in [-0.4, -0.2) is 29.5 Å². The second kappa shape index (κ2) is 8.34. The molecule has 32 heavy (non-hydrogen) atoms. The van der Waals surface area contributed by atoms with Crippen molar-refractivity contribution in [2.45, 2.75) is 26.2 Å². The SMILES string of the molecule is Bn1ncc2ccc(NC(=O)c3ccccc3OC(=O)c3ccc(C(C)(C)C)cc3)cc21. The van der Waals surface area contributed by atoms with Gasteiger partial charge in [-0.1, -0.05) is 45.0 Å². The molecule has 0 radical (unpaired) electrons. The van der Waals surface area contributed by atoms with Gasteiger partial charge in [0.1, 0.15) is 5.75 Å². The highest BCUT2D eigenvalue weighted by Gasteiger charge is 2.18. The molecule has 0 spiro atoms. The van der Waals surface area contributed by atoms with Crippen molar-refractivity contribution in [3.8, 4) is 5.75 Å². The van der Waals surface area contributed by atoms with E-state index in [9.17, 15) is 9.59 Å². The molecule has 4 aromatic rings. The zero-order valence-electron chi connectivity index (χ0n) is 18.5. The zero-order valence-corrected chi connectivity index (χ0v) is 18.5. The molecule has 3 aromatic carbocycles. The van der Waals surface area contributed by atoms with Crippen molar-refractivity contribution in [3.05, 3.63) is 89.6 Å². The molecule has 0 aliphatic rings. The zero-order chi connectivity index (χ0) is 22.9. The number of carbonyl (C=O) groups is 2. The lowest BCUT2D eigenvalue weighted by Crippen LogP contribution is -2.16. The highest BCUT2D eigenvalue weighted by Crippen LogP contribution is 2.25. The van der Waals surface area contributed by atoms with Gasteiger partial charge in [0.15, 0.2) is 0 Å². The number of nitrogens with zero attached hydrogens (tertiary/aromatic N) is 2. The maximum atomic E-state index is 12.9. The Labute approximate surface area is 187 Å². The van der Waals surface area contributed by atoms with Crippen molar-refractivity contribution >= 4 is 36.4 Å². The van der Waals surface area contributed by atoms with Crippen LogP contribution in [0.3, 0.4) is 0 Å². The van der Waals surface area contributed by atoms with E-state index in [1.807, 2.05) is 38.3 Å². The summed E-state index contributed by atoms with van der Waals surface area (Å²) in [5, 5.41) is 8.07. The van der Waals surface area contributed by atoms with Gasteiger partial charge in [-0.2, -0.15) is 5.10 Å². The maximum Gasteiger partial charge on any atom is 0.343 e. The normalized spacial score (nSPS) is 11.3. The highest BCUT2D eigenvalue weighted by atomic mass is 16.5. The largest absolute Gasteiger partial charge is 0.422 e. The summed E-state index contributed by atoms with van der Waals surface area (Å²) in [5.74, 6) is -0.670. The van der Waals surface area contributed by atoms with Crippen molar-refractivity contribution < 1.29 is 14.3 Å². The van der Waals surface area contributed by atoms with E-state index in [2.05, 4.69) is 31.2 Å². The van der Waals surface area contributed by atoms with Gasteiger partial charge >= 0.3 is 5.97 Å². The Bertz CT molecular complexity index is 1300. The van der Waals surface area contributed by atoms with Crippen LogP contribution in [0.4, 0.5) is 5.69 Å². The minimum Gasteiger partial charge on any atom is -0.422 e. The first-order valence-electron chi connectivity index (χ1n) is 10.4. The van der Waals surface area contributed by atoms with E-state index in [0.717, 1.165) is 16.5 Å². The van der Waals surface area contributed by atoms with Crippen molar-refractivity contribution in [1.82, 2.24) is 9.69 Å². The number of ether oxygens (including phenoxy) is 1. The number of rotatable bonds is 4. The van der Waals surface area contributed by atoms with Crippen molar-refractivity contribution in [3.63, 3.8) is 0 Å². The first-order chi connectivity index (χ1) is 15.2. The maximum absolute atomic E-state index is 12.9. The number of hydrogen-bond donors (Lipinski definition) is 1. The highest BCUT2D eigenvalue weighted by molar-refractivity contribution is 6.11. The third-order valence-corrected chi connectivity index (χ3v) is 5.33. The number of benzene rings is 3.